The van der Waals surface area contributed by atoms with Gasteiger partial charge in [-0.3, -0.25) is 0 Å². The number of nitrogens with one attached hydrogen (secondary N) is 1. The largest absolute Gasteiger partial charge is 0.486 e. The Morgan fingerprint density at radius 3 is 2.62 bits per heavy atom. The second-order valence-corrected chi connectivity index (χ2v) is 4.00. The van der Waals surface area contributed by atoms with Gasteiger partial charge in [-0.1, -0.05) is 19.1 Å². The maximum atomic E-state index is 13.3. The average Bonchev–Trinajstić information content (AvgIpc) is 2.28. The predicted octanol–water partition coefficient (Wildman–Crippen LogP) is 2.98. The zero-order valence-corrected chi connectivity index (χ0v) is 10.2. The van der Waals surface area contributed by atoms with E-state index in [9.17, 15) is 4.39 Å². The molecule has 0 heterocycles. The fourth-order valence-corrected chi connectivity index (χ4v) is 1.38. The Labute approximate surface area is 96.8 Å². The van der Waals surface area contributed by atoms with E-state index in [-0.39, 0.29) is 18.0 Å². The summed E-state index contributed by atoms with van der Waals surface area (Å²) >= 11 is 0. The van der Waals surface area contributed by atoms with E-state index in [1.807, 2.05) is 13.8 Å². The molecule has 0 aliphatic rings. The number of halogens is 1. The molecule has 90 valence electrons. The van der Waals surface area contributed by atoms with Gasteiger partial charge in [0.05, 0.1) is 0 Å². The molecular formula is C13H20FNO. The minimum Gasteiger partial charge on any atom is -0.486 e. The van der Waals surface area contributed by atoms with Gasteiger partial charge in [0.2, 0.25) is 0 Å². The topological polar surface area (TPSA) is 21.3 Å². The van der Waals surface area contributed by atoms with Crippen molar-refractivity contribution in [2.75, 3.05) is 6.54 Å². The van der Waals surface area contributed by atoms with Crippen LogP contribution in [0.5, 0.6) is 5.75 Å². The van der Waals surface area contributed by atoms with E-state index < -0.39 is 0 Å². The lowest BCUT2D eigenvalue weighted by atomic mass is 10.2. The van der Waals surface area contributed by atoms with E-state index in [2.05, 4.69) is 12.2 Å². The van der Waals surface area contributed by atoms with Crippen molar-refractivity contribution in [2.24, 2.45) is 0 Å². The highest BCUT2D eigenvalue weighted by Crippen LogP contribution is 2.17. The smallest absolute Gasteiger partial charge is 0.165 e. The third-order valence-electron chi connectivity index (χ3n) is 2.57. The normalized spacial score (nSPS) is 14.5. The molecule has 3 heteroatoms. The number of rotatable bonds is 6. The molecule has 1 aromatic carbocycles. The van der Waals surface area contributed by atoms with Crippen LogP contribution in [0, 0.1) is 5.82 Å². The summed E-state index contributed by atoms with van der Waals surface area (Å²) in [4.78, 5) is 0. The SMILES string of the molecule is CCCNC(C)C(C)Oc1ccccc1F. The first kappa shape index (κ1) is 13.0. The van der Waals surface area contributed by atoms with Crippen LogP contribution in [0.25, 0.3) is 0 Å². The Kier molecular flexibility index (Phi) is 5.26. The van der Waals surface area contributed by atoms with Crippen LogP contribution in [0.1, 0.15) is 27.2 Å². The maximum absolute atomic E-state index is 13.3. The highest BCUT2D eigenvalue weighted by Gasteiger charge is 2.14. The van der Waals surface area contributed by atoms with E-state index >= 15 is 0 Å². The summed E-state index contributed by atoms with van der Waals surface area (Å²) in [6, 6.07) is 6.70. The monoisotopic (exact) mass is 225 g/mol. The van der Waals surface area contributed by atoms with Gasteiger partial charge in [0, 0.05) is 6.04 Å². The first-order valence-electron chi connectivity index (χ1n) is 5.79. The standard InChI is InChI=1S/C13H20FNO/c1-4-9-15-10(2)11(3)16-13-8-6-5-7-12(13)14/h5-8,10-11,15H,4,9H2,1-3H3. The maximum Gasteiger partial charge on any atom is 0.165 e. The molecule has 2 unspecified atom stereocenters. The molecule has 2 nitrogen and oxygen atoms in total. The zero-order chi connectivity index (χ0) is 12.0. The van der Waals surface area contributed by atoms with E-state index in [1.165, 1.54) is 6.07 Å². The first-order chi connectivity index (χ1) is 7.65. The lowest BCUT2D eigenvalue weighted by Crippen LogP contribution is -2.39. The predicted molar refractivity (Wildman–Crippen MR) is 64.2 cm³/mol. The Balaban J connectivity index is 2.50. The quantitative estimate of drug-likeness (QED) is 0.803. The molecule has 1 aromatic rings. The highest BCUT2D eigenvalue weighted by atomic mass is 19.1. The molecule has 1 rings (SSSR count). The van der Waals surface area contributed by atoms with Gasteiger partial charge in [0.15, 0.2) is 11.6 Å². The molecule has 0 amide bonds. The summed E-state index contributed by atoms with van der Waals surface area (Å²) in [5, 5.41) is 3.32. The second kappa shape index (κ2) is 6.48. The number of hydrogen-bond donors (Lipinski definition) is 1. The molecule has 0 aliphatic carbocycles. The van der Waals surface area contributed by atoms with E-state index in [1.54, 1.807) is 18.2 Å². The molecular weight excluding hydrogens is 205 g/mol. The van der Waals surface area contributed by atoms with Gasteiger partial charge in [-0.05, 0) is 38.9 Å². The summed E-state index contributed by atoms with van der Waals surface area (Å²) < 4.78 is 18.9. The van der Waals surface area contributed by atoms with Crippen molar-refractivity contribution in [1.29, 1.82) is 0 Å². The number of hydrogen-bond acceptors (Lipinski definition) is 2. The Hall–Kier alpha value is -1.09. The molecule has 0 aliphatic heterocycles. The van der Waals surface area contributed by atoms with Crippen molar-refractivity contribution in [3.63, 3.8) is 0 Å². The molecule has 16 heavy (non-hydrogen) atoms. The van der Waals surface area contributed by atoms with Gasteiger partial charge in [-0.15, -0.1) is 0 Å². The fraction of sp³-hybridized carbons (Fsp3) is 0.538. The van der Waals surface area contributed by atoms with Crippen LogP contribution in [0.15, 0.2) is 24.3 Å². The van der Waals surface area contributed by atoms with Gasteiger partial charge in [0.1, 0.15) is 6.10 Å². The Morgan fingerprint density at radius 1 is 1.31 bits per heavy atom. The van der Waals surface area contributed by atoms with Gasteiger partial charge >= 0.3 is 0 Å². The van der Waals surface area contributed by atoms with E-state index in [0.717, 1.165) is 13.0 Å². The molecule has 0 radical (unpaired) electrons. The van der Waals surface area contributed by atoms with Crippen LogP contribution >= 0.6 is 0 Å². The van der Waals surface area contributed by atoms with Crippen molar-refractivity contribution in [3.05, 3.63) is 30.1 Å². The van der Waals surface area contributed by atoms with Crippen LogP contribution in [0.3, 0.4) is 0 Å². The minimum atomic E-state index is -0.308. The number of benzene rings is 1. The van der Waals surface area contributed by atoms with Gasteiger partial charge in [-0.25, -0.2) is 4.39 Å². The highest BCUT2D eigenvalue weighted by molar-refractivity contribution is 5.23. The van der Waals surface area contributed by atoms with Crippen LogP contribution in [-0.2, 0) is 0 Å². The van der Waals surface area contributed by atoms with Crippen LogP contribution in [0.4, 0.5) is 4.39 Å². The van der Waals surface area contributed by atoms with Crippen molar-refractivity contribution in [2.45, 2.75) is 39.3 Å². The minimum absolute atomic E-state index is 0.0524. The molecule has 2 atom stereocenters. The van der Waals surface area contributed by atoms with Crippen molar-refractivity contribution in [1.82, 2.24) is 5.32 Å². The summed E-state index contributed by atoms with van der Waals surface area (Å²) in [6.45, 7) is 7.05. The van der Waals surface area contributed by atoms with E-state index in [0.29, 0.717) is 5.75 Å². The third-order valence-corrected chi connectivity index (χ3v) is 2.57. The average molecular weight is 225 g/mol. The Morgan fingerprint density at radius 2 is 2.00 bits per heavy atom. The van der Waals surface area contributed by atoms with Crippen LogP contribution in [0.2, 0.25) is 0 Å². The molecule has 0 saturated heterocycles. The van der Waals surface area contributed by atoms with Crippen molar-refractivity contribution in [3.8, 4) is 5.75 Å². The summed E-state index contributed by atoms with van der Waals surface area (Å²) in [7, 11) is 0. The van der Waals surface area contributed by atoms with Crippen molar-refractivity contribution >= 4 is 0 Å². The molecule has 1 N–H and O–H groups in total. The number of ether oxygens (including phenoxy) is 1. The molecule has 0 fully saturated rings. The van der Waals surface area contributed by atoms with E-state index in [4.69, 9.17) is 4.74 Å². The molecule has 0 aromatic heterocycles. The molecule has 0 saturated carbocycles. The van der Waals surface area contributed by atoms with Gasteiger partial charge in [-0.2, -0.15) is 0 Å². The Bertz CT molecular complexity index is 317. The lowest BCUT2D eigenvalue weighted by molar-refractivity contribution is 0.171. The lowest BCUT2D eigenvalue weighted by Gasteiger charge is -2.22. The van der Waals surface area contributed by atoms with Crippen LogP contribution < -0.4 is 10.1 Å². The second-order valence-electron chi connectivity index (χ2n) is 4.00. The first-order valence-corrected chi connectivity index (χ1v) is 5.79. The van der Waals surface area contributed by atoms with Crippen LogP contribution in [-0.4, -0.2) is 18.7 Å². The summed E-state index contributed by atoms with van der Waals surface area (Å²) in [6.07, 6.45) is 1.03. The van der Waals surface area contributed by atoms with Crippen molar-refractivity contribution < 1.29 is 9.13 Å². The van der Waals surface area contributed by atoms with Gasteiger partial charge in [0.25, 0.3) is 0 Å². The molecule has 0 spiro atoms. The fourth-order valence-electron chi connectivity index (χ4n) is 1.38. The number of para-hydroxylation sites is 1. The summed E-state index contributed by atoms with van der Waals surface area (Å²) in [5.41, 5.74) is 0. The zero-order valence-electron chi connectivity index (χ0n) is 10.2. The third kappa shape index (κ3) is 3.81. The summed E-state index contributed by atoms with van der Waals surface area (Å²) in [5.74, 6) is 0.0113. The van der Waals surface area contributed by atoms with Gasteiger partial charge < -0.3 is 10.1 Å². The molecule has 0 bridgehead atoms.